The third-order valence-electron chi connectivity index (χ3n) is 2.49. The number of phenolic OH excluding ortho intramolecular Hbond substituents is 1. The molecular formula is C12H12N2O3. The third-order valence-corrected chi connectivity index (χ3v) is 2.49. The van der Waals surface area contributed by atoms with Crippen LogP contribution < -0.4 is 11.2 Å². The van der Waals surface area contributed by atoms with Crippen molar-refractivity contribution in [1.29, 1.82) is 0 Å². The number of aromatic hydroxyl groups is 1. The van der Waals surface area contributed by atoms with Crippen LogP contribution in [0.3, 0.4) is 0 Å². The van der Waals surface area contributed by atoms with Gasteiger partial charge >= 0.3 is 5.69 Å². The quantitative estimate of drug-likeness (QED) is 0.810. The molecule has 1 aromatic heterocycles. The Bertz CT molecular complexity index is 655. The second kappa shape index (κ2) is 4.29. The van der Waals surface area contributed by atoms with Gasteiger partial charge in [0.25, 0.3) is 5.56 Å². The number of nitrogens with zero attached hydrogens (tertiary/aromatic N) is 2. The second-order valence-corrected chi connectivity index (χ2v) is 3.80. The van der Waals surface area contributed by atoms with Crippen LogP contribution in [0, 0.1) is 0 Å². The Hall–Kier alpha value is -2.30. The summed E-state index contributed by atoms with van der Waals surface area (Å²) in [6, 6.07) is 7.82. The van der Waals surface area contributed by atoms with Gasteiger partial charge in [0.1, 0.15) is 5.75 Å². The van der Waals surface area contributed by atoms with Crippen molar-refractivity contribution in [3.05, 3.63) is 62.9 Å². The molecule has 1 aromatic carbocycles. The van der Waals surface area contributed by atoms with Crippen LogP contribution in [-0.4, -0.2) is 14.2 Å². The number of rotatable bonds is 2. The van der Waals surface area contributed by atoms with E-state index in [1.165, 1.54) is 29.0 Å². The van der Waals surface area contributed by atoms with E-state index in [0.717, 1.165) is 4.57 Å². The highest BCUT2D eigenvalue weighted by molar-refractivity contribution is 5.27. The van der Waals surface area contributed by atoms with Crippen molar-refractivity contribution in [2.45, 2.75) is 6.54 Å². The Labute approximate surface area is 97.2 Å². The molecule has 0 aliphatic rings. The summed E-state index contributed by atoms with van der Waals surface area (Å²) in [4.78, 5) is 23.3. The summed E-state index contributed by atoms with van der Waals surface area (Å²) in [6.07, 6.45) is 1.43. The van der Waals surface area contributed by atoms with Crippen LogP contribution in [0.4, 0.5) is 0 Å². The lowest BCUT2D eigenvalue weighted by Gasteiger charge is -2.06. The van der Waals surface area contributed by atoms with E-state index in [0.29, 0.717) is 5.56 Å². The van der Waals surface area contributed by atoms with Crippen LogP contribution in [0.15, 0.2) is 46.1 Å². The first-order chi connectivity index (χ1) is 8.08. The van der Waals surface area contributed by atoms with Crippen molar-refractivity contribution in [1.82, 2.24) is 9.13 Å². The average molecular weight is 232 g/mol. The minimum atomic E-state index is -0.374. The first-order valence-corrected chi connectivity index (χ1v) is 5.12. The highest BCUT2D eigenvalue weighted by Gasteiger charge is 2.04. The van der Waals surface area contributed by atoms with Gasteiger partial charge in [0.2, 0.25) is 0 Å². The molecule has 0 unspecified atom stereocenters. The second-order valence-electron chi connectivity index (χ2n) is 3.80. The standard InChI is InChI=1S/C12H12N2O3/c1-13-6-5-11(16)14(12(13)17)8-9-3-2-4-10(15)7-9/h2-7,15H,8H2,1H3. The van der Waals surface area contributed by atoms with E-state index in [1.54, 1.807) is 19.2 Å². The third kappa shape index (κ3) is 2.28. The van der Waals surface area contributed by atoms with E-state index in [1.807, 2.05) is 0 Å². The van der Waals surface area contributed by atoms with Crippen molar-refractivity contribution in [2.24, 2.45) is 7.05 Å². The zero-order valence-corrected chi connectivity index (χ0v) is 9.33. The molecule has 0 saturated heterocycles. The number of benzene rings is 1. The topological polar surface area (TPSA) is 64.2 Å². The summed E-state index contributed by atoms with van der Waals surface area (Å²) >= 11 is 0. The molecule has 1 N–H and O–H groups in total. The zero-order chi connectivity index (χ0) is 12.4. The van der Waals surface area contributed by atoms with Gasteiger partial charge in [-0.25, -0.2) is 4.79 Å². The highest BCUT2D eigenvalue weighted by atomic mass is 16.3. The van der Waals surface area contributed by atoms with Gasteiger partial charge in [-0.3, -0.25) is 9.36 Å². The maximum atomic E-state index is 11.7. The first kappa shape index (κ1) is 11.2. The Morgan fingerprint density at radius 3 is 2.71 bits per heavy atom. The van der Waals surface area contributed by atoms with Crippen molar-refractivity contribution in [3.63, 3.8) is 0 Å². The fourth-order valence-electron chi connectivity index (χ4n) is 1.60. The van der Waals surface area contributed by atoms with Gasteiger partial charge in [-0.2, -0.15) is 0 Å². The molecule has 0 spiro atoms. The Kier molecular flexibility index (Phi) is 2.82. The van der Waals surface area contributed by atoms with Crippen LogP contribution in [0.25, 0.3) is 0 Å². The lowest BCUT2D eigenvalue weighted by atomic mass is 10.2. The average Bonchev–Trinajstić information content (AvgIpc) is 2.30. The van der Waals surface area contributed by atoms with Gasteiger partial charge in [-0.15, -0.1) is 0 Å². The Morgan fingerprint density at radius 1 is 1.24 bits per heavy atom. The van der Waals surface area contributed by atoms with Crippen LogP contribution in [0.1, 0.15) is 5.56 Å². The summed E-state index contributed by atoms with van der Waals surface area (Å²) in [7, 11) is 1.58. The molecule has 0 fully saturated rings. The lowest BCUT2D eigenvalue weighted by molar-refractivity contribution is 0.474. The van der Waals surface area contributed by atoms with Gasteiger partial charge in [-0.05, 0) is 17.7 Å². The first-order valence-electron chi connectivity index (χ1n) is 5.12. The molecule has 2 rings (SSSR count). The van der Waals surface area contributed by atoms with Crippen molar-refractivity contribution in [3.8, 4) is 5.75 Å². The molecule has 5 heteroatoms. The molecule has 0 saturated carbocycles. The lowest BCUT2D eigenvalue weighted by Crippen LogP contribution is -2.38. The van der Waals surface area contributed by atoms with Crippen LogP contribution in [0.5, 0.6) is 5.75 Å². The smallest absolute Gasteiger partial charge is 0.331 e. The normalized spacial score (nSPS) is 10.4. The molecule has 0 amide bonds. The largest absolute Gasteiger partial charge is 0.508 e. The van der Waals surface area contributed by atoms with E-state index in [-0.39, 0.29) is 23.5 Å². The van der Waals surface area contributed by atoms with E-state index in [9.17, 15) is 14.7 Å². The minimum Gasteiger partial charge on any atom is -0.508 e. The van der Waals surface area contributed by atoms with Gasteiger partial charge in [0.15, 0.2) is 0 Å². The summed E-state index contributed by atoms with van der Waals surface area (Å²) < 4.78 is 2.46. The SMILES string of the molecule is Cn1ccc(=O)n(Cc2cccc(O)c2)c1=O. The fourth-order valence-corrected chi connectivity index (χ4v) is 1.60. The van der Waals surface area contributed by atoms with Crippen molar-refractivity contribution >= 4 is 0 Å². The zero-order valence-electron chi connectivity index (χ0n) is 9.33. The van der Waals surface area contributed by atoms with Gasteiger partial charge in [0, 0.05) is 19.3 Å². The van der Waals surface area contributed by atoms with E-state index >= 15 is 0 Å². The molecule has 1 heterocycles. The maximum Gasteiger partial charge on any atom is 0.331 e. The van der Waals surface area contributed by atoms with E-state index in [4.69, 9.17) is 0 Å². The molecule has 0 atom stereocenters. The molecule has 88 valence electrons. The predicted molar refractivity (Wildman–Crippen MR) is 63.2 cm³/mol. The van der Waals surface area contributed by atoms with E-state index in [2.05, 4.69) is 0 Å². The van der Waals surface area contributed by atoms with Gasteiger partial charge < -0.3 is 9.67 Å². The van der Waals surface area contributed by atoms with Crippen LogP contribution in [0.2, 0.25) is 0 Å². The Morgan fingerprint density at radius 2 is 2.00 bits per heavy atom. The monoisotopic (exact) mass is 232 g/mol. The van der Waals surface area contributed by atoms with Crippen molar-refractivity contribution < 1.29 is 5.11 Å². The Balaban J connectivity index is 2.47. The number of hydrogen-bond donors (Lipinski definition) is 1. The molecule has 0 aliphatic carbocycles. The number of aromatic nitrogens is 2. The number of phenols is 1. The molecule has 5 nitrogen and oxygen atoms in total. The van der Waals surface area contributed by atoms with Crippen molar-refractivity contribution in [2.75, 3.05) is 0 Å². The fraction of sp³-hybridized carbons (Fsp3) is 0.167. The molecule has 2 aromatic rings. The molecule has 0 bridgehead atoms. The predicted octanol–water partition coefficient (Wildman–Crippen LogP) is 0.301. The summed E-state index contributed by atoms with van der Waals surface area (Å²) in [5.41, 5.74) is -0.0207. The summed E-state index contributed by atoms with van der Waals surface area (Å²) in [5.74, 6) is 0.114. The molecule has 0 aliphatic heterocycles. The van der Waals surface area contributed by atoms with Crippen LogP contribution in [-0.2, 0) is 13.6 Å². The van der Waals surface area contributed by atoms with E-state index < -0.39 is 0 Å². The van der Waals surface area contributed by atoms with Gasteiger partial charge in [-0.1, -0.05) is 12.1 Å². The number of aryl methyl sites for hydroxylation is 1. The number of hydrogen-bond acceptors (Lipinski definition) is 3. The van der Waals surface area contributed by atoms with Crippen LogP contribution >= 0.6 is 0 Å². The summed E-state index contributed by atoms with van der Waals surface area (Å²) in [6.45, 7) is 0.154. The summed E-state index contributed by atoms with van der Waals surface area (Å²) in [5, 5.41) is 9.31. The molecule has 17 heavy (non-hydrogen) atoms. The molecular weight excluding hydrogens is 220 g/mol. The highest BCUT2D eigenvalue weighted by Crippen LogP contribution is 2.10. The minimum absolute atomic E-state index is 0.114. The maximum absolute atomic E-state index is 11.7. The van der Waals surface area contributed by atoms with Gasteiger partial charge in [0.05, 0.1) is 6.54 Å². The molecule has 0 radical (unpaired) electrons.